The van der Waals surface area contributed by atoms with Gasteiger partial charge in [-0.2, -0.15) is 0 Å². The van der Waals surface area contributed by atoms with Crippen LogP contribution in [0.4, 0.5) is 0 Å². The van der Waals surface area contributed by atoms with Crippen molar-refractivity contribution >= 4 is 31.5 Å². The maximum Gasteiger partial charge on any atom is 0.192 e. The minimum atomic E-state index is -1.63. The Hall–Kier alpha value is -0.0231. The average Bonchev–Trinajstić information content (AvgIpc) is 2.36. The quantitative estimate of drug-likeness (QED) is 0.579. The zero-order valence-corrected chi connectivity index (χ0v) is 14.1. The highest BCUT2D eigenvalue weighted by molar-refractivity contribution is 6.73. The summed E-state index contributed by atoms with van der Waals surface area (Å²) in [6.45, 7) is 8.72. The zero-order chi connectivity index (χ0) is 13.8. The molecule has 102 valence electrons. The highest BCUT2D eigenvalue weighted by Gasteiger charge is 2.32. The molecular weight excluding hydrogens is 283 g/mol. The smallest absolute Gasteiger partial charge is 0.192 e. The molecule has 1 nitrogen and oxygen atoms in total. The van der Waals surface area contributed by atoms with Gasteiger partial charge in [0, 0.05) is 15.6 Å². The molecule has 1 rings (SSSR count). The van der Waals surface area contributed by atoms with Gasteiger partial charge < -0.3 is 4.43 Å². The van der Waals surface area contributed by atoms with Gasteiger partial charge in [0.2, 0.25) is 0 Å². The molecular formula is C14H22Cl2OSi. The summed E-state index contributed by atoms with van der Waals surface area (Å²) in [7, 11) is -1.63. The summed E-state index contributed by atoms with van der Waals surface area (Å²) < 4.78 is 6.40. The summed E-state index contributed by atoms with van der Waals surface area (Å²) in [5.41, 5.74) is 0.924. The minimum absolute atomic E-state index is 0.0299. The molecule has 0 saturated carbocycles. The summed E-state index contributed by atoms with van der Waals surface area (Å²) >= 11 is 12.5. The minimum Gasteiger partial charge on any atom is -0.410 e. The monoisotopic (exact) mass is 304 g/mol. The molecule has 0 aromatic heterocycles. The Kier molecular flexibility index (Phi) is 6.19. The Morgan fingerprint density at radius 3 is 1.89 bits per heavy atom. The Labute approximate surface area is 122 Å². The second kappa shape index (κ2) is 6.95. The predicted molar refractivity (Wildman–Crippen MR) is 83.2 cm³/mol. The van der Waals surface area contributed by atoms with Gasteiger partial charge in [-0.25, -0.2) is 0 Å². The highest BCUT2D eigenvalue weighted by Crippen LogP contribution is 2.36. The molecule has 0 aliphatic rings. The Morgan fingerprint density at radius 1 is 1.06 bits per heavy atom. The van der Waals surface area contributed by atoms with Gasteiger partial charge in [0.15, 0.2) is 8.32 Å². The fourth-order valence-electron chi connectivity index (χ4n) is 2.33. The van der Waals surface area contributed by atoms with Crippen LogP contribution in [0, 0.1) is 0 Å². The van der Waals surface area contributed by atoms with Crippen LogP contribution in [0.1, 0.15) is 39.4 Å². The summed E-state index contributed by atoms with van der Waals surface area (Å²) in [4.78, 5) is 0. The molecule has 1 atom stereocenters. The van der Waals surface area contributed by atoms with Crippen LogP contribution in [-0.2, 0) is 4.43 Å². The molecule has 0 radical (unpaired) electrons. The van der Waals surface area contributed by atoms with Crippen molar-refractivity contribution in [2.45, 2.75) is 51.9 Å². The summed E-state index contributed by atoms with van der Waals surface area (Å²) in [5.74, 6) is 0. The predicted octanol–water partition coefficient (Wildman–Crippen LogP) is 6.08. The first-order valence-electron chi connectivity index (χ1n) is 6.61. The van der Waals surface area contributed by atoms with Crippen molar-refractivity contribution in [1.29, 1.82) is 0 Å². The largest absolute Gasteiger partial charge is 0.410 e. The van der Waals surface area contributed by atoms with Crippen LogP contribution in [-0.4, -0.2) is 8.32 Å². The van der Waals surface area contributed by atoms with Crippen LogP contribution in [0.15, 0.2) is 18.2 Å². The molecule has 0 bridgehead atoms. The molecule has 0 aliphatic heterocycles. The van der Waals surface area contributed by atoms with Crippen LogP contribution < -0.4 is 0 Å². The summed E-state index contributed by atoms with van der Waals surface area (Å²) in [6, 6.07) is 9.00. The topological polar surface area (TPSA) is 9.23 Å². The van der Waals surface area contributed by atoms with Gasteiger partial charge in [0.25, 0.3) is 0 Å². The van der Waals surface area contributed by atoms with Crippen molar-refractivity contribution in [2.75, 3.05) is 0 Å². The maximum absolute atomic E-state index is 6.40. The first-order valence-corrected chi connectivity index (χ1v) is 9.90. The fraction of sp³-hybridized carbons (Fsp3) is 0.571. The molecule has 0 amide bonds. The van der Waals surface area contributed by atoms with E-state index in [-0.39, 0.29) is 6.10 Å². The van der Waals surface area contributed by atoms with E-state index in [1.54, 1.807) is 0 Å². The van der Waals surface area contributed by atoms with Gasteiger partial charge in [0.05, 0.1) is 6.10 Å². The molecule has 1 aromatic rings. The third kappa shape index (κ3) is 3.50. The van der Waals surface area contributed by atoms with Crippen molar-refractivity contribution in [2.24, 2.45) is 0 Å². The number of hydrogen-bond acceptors (Lipinski definition) is 1. The molecule has 0 aliphatic carbocycles. The lowest BCUT2D eigenvalue weighted by Gasteiger charge is -2.32. The Balaban J connectivity index is 2.97. The first kappa shape index (κ1) is 16.0. The third-order valence-electron chi connectivity index (χ3n) is 3.77. The van der Waals surface area contributed by atoms with Crippen molar-refractivity contribution in [3.05, 3.63) is 33.8 Å². The second-order valence-corrected chi connectivity index (χ2v) is 10.2. The molecule has 4 heteroatoms. The average molecular weight is 305 g/mol. The summed E-state index contributed by atoms with van der Waals surface area (Å²) in [5, 5.41) is 1.39. The molecule has 1 aromatic carbocycles. The first-order chi connectivity index (χ1) is 8.49. The highest BCUT2D eigenvalue weighted by atomic mass is 35.5. The van der Waals surface area contributed by atoms with E-state index >= 15 is 0 Å². The van der Waals surface area contributed by atoms with Crippen molar-refractivity contribution in [3.63, 3.8) is 0 Å². The third-order valence-corrected chi connectivity index (χ3v) is 9.14. The van der Waals surface area contributed by atoms with Gasteiger partial charge in [-0.15, -0.1) is 0 Å². The van der Waals surface area contributed by atoms with Crippen LogP contribution in [0.25, 0.3) is 0 Å². The summed E-state index contributed by atoms with van der Waals surface area (Å²) in [6.07, 6.45) is -0.0299. The lowest BCUT2D eigenvalue weighted by molar-refractivity contribution is 0.210. The van der Waals surface area contributed by atoms with Gasteiger partial charge in [-0.1, -0.05) is 50.0 Å². The van der Waals surface area contributed by atoms with Crippen molar-refractivity contribution in [1.82, 2.24) is 0 Å². The van der Waals surface area contributed by atoms with E-state index in [0.717, 1.165) is 23.7 Å². The molecule has 0 saturated heterocycles. The van der Waals surface area contributed by atoms with E-state index in [1.807, 2.05) is 18.2 Å². The lowest BCUT2D eigenvalue weighted by Crippen LogP contribution is -2.36. The van der Waals surface area contributed by atoms with Crippen LogP contribution in [0.3, 0.4) is 0 Å². The van der Waals surface area contributed by atoms with E-state index < -0.39 is 8.32 Å². The van der Waals surface area contributed by atoms with E-state index in [2.05, 4.69) is 27.7 Å². The van der Waals surface area contributed by atoms with Crippen LogP contribution >= 0.6 is 23.2 Å². The number of benzene rings is 1. The van der Waals surface area contributed by atoms with Crippen LogP contribution in [0.5, 0.6) is 0 Å². The van der Waals surface area contributed by atoms with Crippen LogP contribution in [0.2, 0.25) is 28.2 Å². The molecule has 18 heavy (non-hydrogen) atoms. The van der Waals surface area contributed by atoms with Gasteiger partial charge >= 0.3 is 0 Å². The molecule has 0 heterocycles. The standard InChI is InChI=1S/C14H22Cl2OSi/c1-5-18(6-2,7-3)17-11(4)14-12(15)9-8-10-13(14)16/h8-11H,5-7H2,1-4H3. The van der Waals surface area contributed by atoms with Crippen molar-refractivity contribution in [3.8, 4) is 0 Å². The zero-order valence-electron chi connectivity index (χ0n) is 11.6. The normalized spacial score (nSPS) is 13.7. The second-order valence-electron chi connectivity index (χ2n) is 4.64. The van der Waals surface area contributed by atoms with Gasteiger partial charge in [0.1, 0.15) is 0 Å². The molecule has 0 fully saturated rings. The lowest BCUT2D eigenvalue weighted by atomic mass is 10.1. The molecule has 0 spiro atoms. The number of halogens is 2. The van der Waals surface area contributed by atoms with E-state index in [9.17, 15) is 0 Å². The Morgan fingerprint density at radius 2 is 1.50 bits per heavy atom. The maximum atomic E-state index is 6.40. The number of hydrogen-bond donors (Lipinski definition) is 0. The van der Waals surface area contributed by atoms with Gasteiger partial charge in [-0.3, -0.25) is 0 Å². The molecule has 0 N–H and O–H groups in total. The SMILES string of the molecule is CC[Si](CC)(CC)OC(C)c1c(Cl)cccc1Cl. The fourth-order valence-corrected chi connectivity index (χ4v) is 5.91. The molecule has 1 unspecified atom stereocenters. The van der Waals surface area contributed by atoms with E-state index in [4.69, 9.17) is 27.6 Å². The van der Waals surface area contributed by atoms with Gasteiger partial charge in [-0.05, 0) is 37.2 Å². The van der Waals surface area contributed by atoms with E-state index in [0.29, 0.717) is 10.0 Å². The number of rotatable bonds is 6. The van der Waals surface area contributed by atoms with Crippen molar-refractivity contribution < 1.29 is 4.43 Å². The van der Waals surface area contributed by atoms with E-state index in [1.165, 1.54) is 0 Å². The Bertz CT molecular complexity index is 363.